The Kier molecular flexibility index (Phi) is 9.95. The summed E-state index contributed by atoms with van der Waals surface area (Å²) in [5.41, 5.74) is 1.03. The maximum Gasteiger partial charge on any atom is 0.191 e. The molecular formula is C17H27ClIN3O2. The van der Waals surface area contributed by atoms with Gasteiger partial charge in [-0.25, -0.2) is 0 Å². The van der Waals surface area contributed by atoms with E-state index in [1.165, 1.54) is 0 Å². The van der Waals surface area contributed by atoms with Crippen LogP contribution in [0.15, 0.2) is 29.3 Å². The van der Waals surface area contributed by atoms with Crippen LogP contribution >= 0.6 is 35.6 Å². The van der Waals surface area contributed by atoms with Gasteiger partial charge in [-0.1, -0.05) is 23.7 Å². The van der Waals surface area contributed by atoms with E-state index in [0.717, 1.165) is 42.5 Å². The number of ether oxygens (including phenoxy) is 2. The molecule has 1 aromatic rings. The normalized spacial score (nSPS) is 20.5. The van der Waals surface area contributed by atoms with Crippen LogP contribution in [0.1, 0.15) is 25.3 Å². The van der Waals surface area contributed by atoms with Crippen LogP contribution in [0.5, 0.6) is 0 Å². The molecule has 0 radical (unpaired) electrons. The van der Waals surface area contributed by atoms with E-state index in [-0.39, 0.29) is 29.6 Å². The van der Waals surface area contributed by atoms with Crippen LogP contribution in [0.4, 0.5) is 0 Å². The molecule has 0 aromatic heterocycles. The molecule has 24 heavy (non-hydrogen) atoms. The summed E-state index contributed by atoms with van der Waals surface area (Å²) in [5, 5.41) is 7.29. The van der Waals surface area contributed by atoms with Gasteiger partial charge in [-0.05, 0) is 37.5 Å². The Morgan fingerprint density at radius 1 is 1.33 bits per heavy atom. The van der Waals surface area contributed by atoms with Crippen molar-refractivity contribution < 1.29 is 9.47 Å². The Balaban J connectivity index is 0.00000288. The lowest BCUT2D eigenvalue weighted by molar-refractivity contribution is 0.0242. The number of aliphatic imine (C=N–C) groups is 1. The molecule has 1 aliphatic heterocycles. The van der Waals surface area contributed by atoms with Gasteiger partial charge in [-0.3, -0.25) is 4.99 Å². The number of rotatable bonds is 7. The molecule has 136 valence electrons. The minimum absolute atomic E-state index is 0. The molecule has 0 saturated carbocycles. The van der Waals surface area contributed by atoms with Crippen molar-refractivity contribution in [2.45, 2.75) is 32.0 Å². The first kappa shape index (κ1) is 21.5. The minimum atomic E-state index is -0.0807. The highest BCUT2D eigenvalue weighted by Crippen LogP contribution is 2.23. The lowest BCUT2D eigenvalue weighted by Crippen LogP contribution is -2.46. The summed E-state index contributed by atoms with van der Waals surface area (Å²) in [5.74, 6) is 0.775. The summed E-state index contributed by atoms with van der Waals surface area (Å²) in [7, 11) is 1.77. The van der Waals surface area contributed by atoms with E-state index >= 15 is 0 Å². The molecule has 1 aromatic carbocycles. The van der Waals surface area contributed by atoms with E-state index in [2.05, 4.69) is 22.5 Å². The average Bonchev–Trinajstić information content (AvgIpc) is 2.99. The van der Waals surface area contributed by atoms with Crippen LogP contribution in [0.2, 0.25) is 5.02 Å². The maximum atomic E-state index is 5.85. The van der Waals surface area contributed by atoms with E-state index in [0.29, 0.717) is 19.8 Å². The number of guanidine groups is 1. The molecule has 2 N–H and O–H groups in total. The molecule has 1 unspecified atom stereocenters. The Bertz CT molecular complexity index is 505. The standard InChI is InChI=1S/C17H26ClN3O2.HI/c1-17(8-3-10-23-17)13-21-16(19-2)20-9-11-22-12-14-4-6-15(18)7-5-14;/h4-7H,3,8-13H2,1-2H3,(H2,19,20,21);1H. The lowest BCUT2D eigenvalue weighted by Gasteiger charge is -2.24. The van der Waals surface area contributed by atoms with Gasteiger partial charge in [0.1, 0.15) is 0 Å². The van der Waals surface area contributed by atoms with E-state index in [9.17, 15) is 0 Å². The largest absolute Gasteiger partial charge is 0.375 e. The highest BCUT2D eigenvalue weighted by molar-refractivity contribution is 14.0. The Morgan fingerprint density at radius 3 is 2.71 bits per heavy atom. The van der Waals surface area contributed by atoms with Crippen molar-refractivity contribution in [2.24, 2.45) is 4.99 Å². The van der Waals surface area contributed by atoms with Gasteiger partial charge < -0.3 is 20.1 Å². The van der Waals surface area contributed by atoms with Gasteiger partial charge >= 0.3 is 0 Å². The van der Waals surface area contributed by atoms with Crippen molar-refractivity contribution in [3.63, 3.8) is 0 Å². The van der Waals surface area contributed by atoms with Crippen molar-refractivity contribution in [1.82, 2.24) is 10.6 Å². The first-order valence-corrected chi connectivity index (χ1v) is 8.40. The van der Waals surface area contributed by atoms with Gasteiger partial charge in [0.05, 0.1) is 18.8 Å². The topological polar surface area (TPSA) is 54.9 Å². The van der Waals surface area contributed by atoms with Gasteiger partial charge in [0.15, 0.2) is 5.96 Å². The molecule has 0 amide bonds. The molecule has 0 spiro atoms. The molecule has 1 atom stereocenters. The summed E-state index contributed by atoms with van der Waals surface area (Å²) in [6.45, 7) is 5.63. The molecule has 1 fully saturated rings. The molecule has 7 heteroatoms. The van der Waals surface area contributed by atoms with Crippen LogP contribution in [0.3, 0.4) is 0 Å². The van der Waals surface area contributed by atoms with Gasteiger partial charge in [-0.2, -0.15) is 0 Å². The van der Waals surface area contributed by atoms with Crippen molar-refractivity contribution in [2.75, 3.05) is 33.4 Å². The molecule has 1 saturated heterocycles. The van der Waals surface area contributed by atoms with Crippen LogP contribution in [0.25, 0.3) is 0 Å². The average molecular weight is 468 g/mol. The molecule has 0 aliphatic carbocycles. The SMILES string of the molecule is CN=C(NCCOCc1ccc(Cl)cc1)NCC1(C)CCCO1.I. The van der Waals surface area contributed by atoms with E-state index in [4.69, 9.17) is 21.1 Å². The zero-order chi connectivity index (χ0) is 16.5. The number of nitrogens with zero attached hydrogens (tertiary/aromatic N) is 1. The second kappa shape index (κ2) is 11.1. The zero-order valence-electron chi connectivity index (χ0n) is 14.3. The summed E-state index contributed by atoms with van der Waals surface area (Å²) in [6, 6.07) is 7.68. The third kappa shape index (κ3) is 7.55. The third-order valence-corrected chi connectivity index (χ3v) is 4.13. The Morgan fingerprint density at radius 2 is 2.08 bits per heavy atom. The number of hydrogen-bond donors (Lipinski definition) is 2. The van der Waals surface area contributed by atoms with Gasteiger partial charge in [-0.15, -0.1) is 24.0 Å². The van der Waals surface area contributed by atoms with Crippen LogP contribution in [-0.2, 0) is 16.1 Å². The predicted molar refractivity (Wildman–Crippen MR) is 109 cm³/mol. The van der Waals surface area contributed by atoms with Crippen molar-refractivity contribution >= 4 is 41.5 Å². The molecular weight excluding hydrogens is 441 g/mol. The van der Waals surface area contributed by atoms with Crippen LogP contribution in [-0.4, -0.2) is 44.9 Å². The predicted octanol–water partition coefficient (Wildman–Crippen LogP) is 3.21. The monoisotopic (exact) mass is 467 g/mol. The first-order chi connectivity index (χ1) is 11.1. The lowest BCUT2D eigenvalue weighted by atomic mass is 10.0. The van der Waals surface area contributed by atoms with E-state index in [1.54, 1.807) is 7.05 Å². The first-order valence-electron chi connectivity index (χ1n) is 8.02. The van der Waals surface area contributed by atoms with Gasteiger partial charge in [0, 0.05) is 31.8 Å². The molecule has 2 rings (SSSR count). The second-order valence-corrected chi connectivity index (χ2v) is 6.37. The molecule has 5 nitrogen and oxygen atoms in total. The zero-order valence-corrected chi connectivity index (χ0v) is 17.4. The quantitative estimate of drug-likeness (QED) is 0.280. The Hall–Kier alpha value is -0.570. The second-order valence-electron chi connectivity index (χ2n) is 5.93. The fraction of sp³-hybridized carbons (Fsp3) is 0.588. The van der Waals surface area contributed by atoms with Crippen molar-refractivity contribution in [3.8, 4) is 0 Å². The summed E-state index contributed by atoms with van der Waals surface area (Å²) in [6.07, 6.45) is 2.21. The summed E-state index contributed by atoms with van der Waals surface area (Å²) < 4.78 is 11.4. The number of hydrogen-bond acceptors (Lipinski definition) is 3. The summed E-state index contributed by atoms with van der Waals surface area (Å²) >= 11 is 5.85. The van der Waals surface area contributed by atoms with E-state index in [1.807, 2.05) is 24.3 Å². The summed E-state index contributed by atoms with van der Waals surface area (Å²) in [4.78, 5) is 4.21. The fourth-order valence-electron chi connectivity index (χ4n) is 2.48. The van der Waals surface area contributed by atoms with Crippen LogP contribution in [0, 0.1) is 0 Å². The number of halogens is 2. The van der Waals surface area contributed by atoms with Crippen LogP contribution < -0.4 is 10.6 Å². The maximum absolute atomic E-state index is 5.85. The minimum Gasteiger partial charge on any atom is -0.375 e. The van der Waals surface area contributed by atoms with Crippen molar-refractivity contribution in [3.05, 3.63) is 34.9 Å². The molecule has 1 aliphatic rings. The highest BCUT2D eigenvalue weighted by atomic mass is 127. The van der Waals surface area contributed by atoms with Gasteiger partial charge in [0.2, 0.25) is 0 Å². The fourth-order valence-corrected chi connectivity index (χ4v) is 2.61. The van der Waals surface area contributed by atoms with E-state index < -0.39 is 0 Å². The number of benzene rings is 1. The smallest absolute Gasteiger partial charge is 0.191 e. The van der Waals surface area contributed by atoms with Crippen molar-refractivity contribution in [1.29, 1.82) is 0 Å². The Labute approximate surface area is 166 Å². The third-order valence-electron chi connectivity index (χ3n) is 3.87. The number of nitrogens with one attached hydrogen (secondary N) is 2. The molecule has 1 heterocycles. The molecule has 0 bridgehead atoms. The highest BCUT2D eigenvalue weighted by Gasteiger charge is 2.29. The van der Waals surface area contributed by atoms with Gasteiger partial charge in [0.25, 0.3) is 0 Å².